The summed E-state index contributed by atoms with van der Waals surface area (Å²) >= 11 is 8.83. The maximum absolute atomic E-state index is 5.63. The predicted molar refractivity (Wildman–Crippen MR) is 54.7 cm³/mol. The van der Waals surface area contributed by atoms with Crippen molar-refractivity contribution in [1.82, 2.24) is 15.0 Å². The minimum atomic E-state index is 0.0561. The fraction of sp³-hybridized carbons (Fsp3) is 0. The number of furan rings is 1. The van der Waals surface area contributed by atoms with Crippen molar-refractivity contribution in [3.05, 3.63) is 22.3 Å². The summed E-state index contributed by atoms with van der Waals surface area (Å²) in [5, 5.41) is 0.0561. The summed E-state index contributed by atoms with van der Waals surface area (Å²) in [5.74, 6) is 0.455. The summed E-state index contributed by atoms with van der Waals surface area (Å²) in [6, 6.07) is 1.70. The number of rotatable bonds is 1. The van der Waals surface area contributed by atoms with Crippen LogP contribution in [0.4, 0.5) is 5.95 Å². The van der Waals surface area contributed by atoms with Gasteiger partial charge in [-0.2, -0.15) is 15.0 Å². The first-order valence-electron chi connectivity index (χ1n) is 3.57. The Balaban J connectivity index is 2.57. The largest absolute Gasteiger partial charge is 0.457 e. The van der Waals surface area contributed by atoms with E-state index >= 15 is 0 Å². The molecule has 2 rings (SSSR count). The fourth-order valence-corrected chi connectivity index (χ4v) is 1.52. The summed E-state index contributed by atoms with van der Waals surface area (Å²) in [6.07, 6.45) is 1.51. The molecule has 72 valence electrons. The first-order valence-corrected chi connectivity index (χ1v) is 4.74. The Morgan fingerprint density at radius 3 is 2.71 bits per heavy atom. The monoisotopic (exact) mass is 274 g/mol. The van der Waals surface area contributed by atoms with Crippen molar-refractivity contribution in [3.8, 4) is 11.4 Å². The lowest BCUT2D eigenvalue weighted by molar-refractivity contribution is 0.542. The van der Waals surface area contributed by atoms with Gasteiger partial charge in [-0.3, -0.25) is 0 Å². The molecule has 0 aromatic carbocycles. The Morgan fingerprint density at radius 2 is 2.14 bits per heavy atom. The summed E-state index contributed by atoms with van der Waals surface area (Å²) < 4.78 is 5.56. The highest BCUT2D eigenvalue weighted by molar-refractivity contribution is 9.10. The molecule has 0 bridgehead atoms. The average Bonchev–Trinajstić information content (AvgIpc) is 2.49. The van der Waals surface area contributed by atoms with Gasteiger partial charge in [-0.1, -0.05) is 0 Å². The lowest BCUT2D eigenvalue weighted by Crippen LogP contribution is -1.99. The quantitative estimate of drug-likeness (QED) is 0.862. The molecular weight excluding hydrogens is 271 g/mol. The van der Waals surface area contributed by atoms with Crippen LogP contribution in [-0.4, -0.2) is 15.0 Å². The van der Waals surface area contributed by atoms with Crippen LogP contribution in [0.1, 0.15) is 0 Å². The van der Waals surface area contributed by atoms with E-state index in [-0.39, 0.29) is 11.2 Å². The number of nitrogens with zero attached hydrogens (tertiary/aromatic N) is 3. The van der Waals surface area contributed by atoms with E-state index in [1.165, 1.54) is 6.26 Å². The van der Waals surface area contributed by atoms with E-state index in [1.807, 2.05) is 0 Å². The van der Waals surface area contributed by atoms with E-state index in [2.05, 4.69) is 30.9 Å². The van der Waals surface area contributed by atoms with Gasteiger partial charge in [0.1, 0.15) is 0 Å². The SMILES string of the molecule is Nc1nc(Cl)nc(-c2ccoc2Br)n1. The van der Waals surface area contributed by atoms with Gasteiger partial charge in [0.25, 0.3) is 0 Å². The van der Waals surface area contributed by atoms with E-state index < -0.39 is 0 Å². The van der Waals surface area contributed by atoms with Crippen molar-refractivity contribution in [2.75, 3.05) is 5.73 Å². The molecule has 0 spiro atoms. The summed E-state index contributed by atoms with van der Waals surface area (Å²) in [6.45, 7) is 0. The van der Waals surface area contributed by atoms with E-state index in [0.29, 0.717) is 16.1 Å². The topological polar surface area (TPSA) is 77.8 Å². The molecule has 2 N–H and O–H groups in total. The van der Waals surface area contributed by atoms with Gasteiger partial charge in [0.05, 0.1) is 11.8 Å². The molecule has 7 heteroatoms. The van der Waals surface area contributed by atoms with Crippen LogP contribution >= 0.6 is 27.5 Å². The van der Waals surface area contributed by atoms with Gasteiger partial charge in [0.2, 0.25) is 11.2 Å². The van der Waals surface area contributed by atoms with Gasteiger partial charge in [0, 0.05) is 0 Å². The van der Waals surface area contributed by atoms with Crippen molar-refractivity contribution in [3.63, 3.8) is 0 Å². The Labute approximate surface area is 92.5 Å². The first kappa shape index (κ1) is 9.42. The molecule has 0 amide bonds. The van der Waals surface area contributed by atoms with Crippen molar-refractivity contribution in [1.29, 1.82) is 0 Å². The highest BCUT2D eigenvalue weighted by Crippen LogP contribution is 2.27. The zero-order valence-corrected chi connectivity index (χ0v) is 9.08. The van der Waals surface area contributed by atoms with E-state index in [4.69, 9.17) is 21.8 Å². The van der Waals surface area contributed by atoms with Crippen LogP contribution in [0.15, 0.2) is 21.4 Å². The van der Waals surface area contributed by atoms with E-state index in [1.54, 1.807) is 6.07 Å². The standard InChI is InChI=1S/C7H4BrClN4O/c8-4-3(1-2-14-4)5-11-6(9)13-7(10)12-5/h1-2H,(H2,10,11,12,13). The zero-order chi connectivity index (χ0) is 10.1. The Morgan fingerprint density at radius 1 is 1.36 bits per heavy atom. The third kappa shape index (κ3) is 1.71. The van der Waals surface area contributed by atoms with Crippen LogP contribution in [0.3, 0.4) is 0 Å². The molecule has 14 heavy (non-hydrogen) atoms. The predicted octanol–water partition coefficient (Wildman–Crippen LogP) is 2.13. The van der Waals surface area contributed by atoms with Gasteiger partial charge < -0.3 is 10.2 Å². The maximum Gasteiger partial charge on any atom is 0.227 e. The minimum Gasteiger partial charge on any atom is -0.457 e. The fourth-order valence-electron chi connectivity index (χ4n) is 0.939. The summed E-state index contributed by atoms with van der Waals surface area (Å²) in [7, 11) is 0. The van der Waals surface area contributed by atoms with Crippen molar-refractivity contribution in [2.45, 2.75) is 0 Å². The highest BCUT2D eigenvalue weighted by atomic mass is 79.9. The van der Waals surface area contributed by atoms with Crippen molar-refractivity contribution < 1.29 is 4.42 Å². The van der Waals surface area contributed by atoms with Crippen LogP contribution in [0, 0.1) is 0 Å². The van der Waals surface area contributed by atoms with Crippen LogP contribution < -0.4 is 5.73 Å². The minimum absolute atomic E-state index is 0.0561. The van der Waals surface area contributed by atoms with Crippen LogP contribution in [-0.2, 0) is 0 Å². The zero-order valence-electron chi connectivity index (χ0n) is 6.74. The third-order valence-corrected chi connectivity index (χ3v) is 2.27. The van der Waals surface area contributed by atoms with Gasteiger partial charge >= 0.3 is 0 Å². The number of nitrogens with two attached hydrogens (primary N) is 1. The molecule has 0 unspecified atom stereocenters. The average molecular weight is 275 g/mol. The van der Waals surface area contributed by atoms with Gasteiger partial charge in [-0.05, 0) is 33.6 Å². The first-order chi connectivity index (χ1) is 6.66. The molecule has 0 saturated heterocycles. The number of aromatic nitrogens is 3. The number of halogens is 2. The Hall–Kier alpha value is -1.14. The molecule has 0 aliphatic carbocycles. The second-order valence-electron chi connectivity index (χ2n) is 2.39. The third-order valence-electron chi connectivity index (χ3n) is 1.48. The van der Waals surface area contributed by atoms with E-state index in [9.17, 15) is 0 Å². The Kier molecular flexibility index (Phi) is 2.39. The molecule has 0 aliphatic heterocycles. The number of hydrogen-bond donors (Lipinski definition) is 1. The molecule has 2 aromatic heterocycles. The molecule has 0 fully saturated rings. The highest BCUT2D eigenvalue weighted by Gasteiger charge is 2.10. The lowest BCUT2D eigenvalue weighted by Gasteiger charge is -1.98. The van der Waals surface area contributed by atoms with Crippen molar-refractivity contribution in [2.24, 2.45) is 0 Å². The van der Waals surface area contributed by atoms with E-state index in [0.717, 1.165) is 0 Å². The second kappa shape index (κ2) is 3.55. The molecular formula is C7H4BrClN4O. The number of anilines is 1. The molecule has 2 aromatic rings. The summed E-state index contributed by atoms with van der Waals surface area (Å²) in [4.78, 5) is 11.5. The van der Waals surface area contributed by atoms with Gasteiger partial charge in [-0.15, -0.1) is 0 Å². The molecule has 0 atom stereocenters. The number of hydrogen-bond acceptors (Lipinski definition) is 5. The maximum atomic E-state index is 5.63. The lowest BCUT2D eigenvalue weighted by atomic mass is 10.3. The van der Waals surface area contributed by atoms with Crippen LogP contribution in [0.5, 0.6) is 0 Å². The smallest absolute Gasteiger partial charge is 0.227 e. The molecule has 5 nitrogen and oxygen atoms in total. The molecule has 0 radical (unpaired) electrons. The molecule has 0 aliphatic rings. The van der Waals surface area contributed by atoms with Crippen molar-refractivity contribution >= 4 is 33.5 Å². The van der Waals surface area contributed by atoms with Crippen LogP contribution in [0.25, 0.3) is 11.4 Å². The Bertz CT molecular complexity index is 452. The summed E-state index contributed by atoms with van der Waals surface area (Å²) in [5.41, 5.74) is 6.10. The number of nitrogen functional groups attached to an aromatic ring is 1. The van der Waals surface area contributed by atoms with Gasteiger partial charge in [-0.25, -0.2) is 0 Å². The second-order valence-corrected chi connectivity index (χ2v) is 3.45. The van der Waals surface area contributed by atoms with Crippen LogP contribution in [0.2, 0.25) is 5.28 Å². The molecule has 0 saturated carbocycles. The molecule has 2 heterocycles. The normalized spacial score (nSPS) is 10.4. The van der Waals surface area contributed by atoms with Gasteiger partial charge in [0.15, 0.2) is 10.5 Å².